The van der Waals surface area contributed by atoms with E-state index in [2.05, 4.69) is 0 Å². The van der Waals surface area contributed by atoms with Gasteiger partial charge in [0, 0.05) is 4.92 Å². The molecule has 2 N–H and O–H groups in total. The van der Waals surface area contributed by atoms with Crippen LogP contribution >= 0.6 is 0 Å². The minimum absolute atomic E-state index is 0.383. The molecule has 1 aliphatic heterocycles. The molecular weight excluding hydrogens is 601 g/mol. The van der Waals surface area contributed by atoms with Crippen molar-refractivity contribution < 1.29 is 79.6 Å². The highest BCUT2D eigenvalue weighted by molar-refractivity contribution is 5.24. The van der Waals surface area contributed by atoms with Crippen LogP contribution in [0.3, 0.4) is 0 Å². The van der Waals surface area contributed by atoms with Gasteiger partial charge < -0.3 is 0 Å². The molecule has 0 amide bonds. The topological polar surface area (TPSA) is 67.2 Å². The maximum absolute atomic E-state index is 14.6. The number of nitrogens with one attached hydrogen (secondary N) is 2. The first-order valence-electron chi connectivity index (χ1n) is 9.57. The number of nitrogens with zero attached hydrogens (tertiary/aromatic N) is 1. The molecule has 1 aliphatic rings. The van der Waals surface area contributed by atoms with Gasteiger partial charge in [0.15, 0.2) is 6.04 Å². The lowest BCUT2D eigenvalue weighted by Gasteiger charge is -2.43. The van der Waals surface area contributed by atoms with Gasteiger partial charge in [0.2, 0.25) is 0 Å². The minimum atomic E-state index is -8.78. The molecule has 3 atom stereocenters. The number of hydrogen-bond acceptors (Lipinski definition) is 4. The third-order valence-corrected chi connectivity index (χ3v) is 5.62. The summed E-state index contributed by atoms with van der Waals surface area (Å²) in [7, 11) is 0. The fourth-order valence-electron chi connectivity index (χ4n) is 3.40. The first-order chi connectivity index (χ1) is 17.2. The van der Waals surface area contributed by atoms with Gasteiger partial charge in [-0.05, 0) is 5.56 Å². The Kier molecular flexibility index (Phi) is 7.68. The Morgan fingerprint density at radius 3 is 1.36 bits per heavy atom. The number of hydrazine groups is 1. The van der Waals surface area contributed by atoms with E-state index in [0.717, 1.165) is 29.7 Å². The minimum Gasteiger partial charge on any atom is -0.264 e. The van der Waals surface area contributed by atoms with Crippen molar-refractivity contribution in [2.24, 2.45) is 0 Å². The van der Waals surface area contributed by atoms with Crippen LogP contribution in [0.25, 0.3) is 0 Å². The molecule has 1 fully saturated rings. The largest absolute Gasteiger partial charge is 0.460 e. The zero-order valence-electron chi connectivity index (χ0n) is 17.8. The second kappa shape index (κ2) is 9.20. The fourth-order valence-corrected chi connectivity index (χ4v) is 3.40. The highest BCUT2D eigenvalue weighted by Gasteiger charge is 2.96. The van der Waals surface area contributed by atoms with E-state index in [1.807, 2.05) is 0 Å². The molecule has 3 unspecified atom stereocenters. The van der Waals surface area contributed by atoms with Gasteiger partial charge in [0.05, 0.1) is 0 Å². The van der Waals surface area contributed by atoms with Crippen LogP contribution in [0.4, 0.5) is 74.6 Å². The van der Waals surface area contributed by atoms with Crippen molar-refractivity contribution in [3.63, 3.8) is 0 Å². The van der Waals surface area contributed by atoms with E-state index < -0.39 is 70.7 Å². The maximum atomic E-state index is 14.6. The van der Waals surface area contributed by atoms with Gasteiger partial charge in [-0.2, -0.15) is 74.6 Å². The quantitative estimate of drug-likeness (QED) is 0.209. The average Bonchev–Trinajstić information content (AvgIpc) is 3.24. The summed E-state index contributed by atoms with van der Waals surface area (Å²) in [5.41, 5.74) is 2.22. The van der Waals surface area contributed by atoms with Crippen molar-refractivity contribution in [1.29, 1.82) is 0 Å². The second-order valence-corrected chi connectivity index (χ2v) is 8.00. The molecule has 1 saturated heterocycles. The van der Waals surface area contributed by atoms with Gasteiger partial charge in [0.25, 0.3) is 6.04 Å². The lowest BCUT2D eigenvalue weighted by atomic mass is 9.84. The van der Waals surface area contributed by atoms with E-state index in [-0.39, 0.29) is 5.56 Å². The molecule has 224 valence electrons. The van der Waals surface area contributed by atoms with Crippen molar-refractivity contribution in [1.82, 2.24) is 10.9 Å². The van der Waals surface area contributed by atoms with Crippen LogP contribution in [0.2, 0.25) is 0 Å². The van der Waals surface area contributed by atoms with Gasteiger partial charge in [-0.15, -0.1) is 0 Å². The lowest BCUT2D eigenvalue weighted by molar-refractivity contribution is -0.536. The van der Waals surface area contributed by atoms with Crippen molar-refractivity contribution in [3.05, 3.63) is 46.0 Å². The van der Waals surface area contributed by atoms with E-state index in [0.29, 0.717) is 0 Å². The van der Waals surface area contributed by atoms with Crippen LogP contribution in [0, 0.1) is 10.1 Å². The van der Waals surface area contributed by atoms with Gasteiger partial charge in [-0.1, -0.05) is 30.3 Å². The number of alkyl halides is 17. The third-order valence-electron chi connectivity index (χ3n) is 5.62. The molecule has 22 heteroatoms. The third kappa shape index (κ3) is 4.32. The summed E-state index contributed by atoms with van der Waals surface area (Å²) in [6.45, 7) is 0. The first-order valence-corrected chi connectivity index (χ1v) is 9.57. The van der Waals surface area contributed by atoms with Crippen LogP contribution in [0.5, 0.6) is 0 Å². The van der Waals surface area contributed by atoms with Crippen molar-refractivity contribution >= 4 is 0 Å². The zero-order valence-corrected chi connectivity index (χ0v) is 17.8. The van der Waals surface area contributed by atoms with Gasteiger partial charge in [-0.3, -0.25) is 10.1 Å². The second-order valence-electron chi connectivity index (χ2n) is 8.00. The molecular formula is C17H10F17N3O2. The smallest absolute Gasteiger partial charge is 0.264 e. The molecule has 1 aromatic rings. The summed E-state index contributed by atoms with van der Waals surface area (Å²) in [6.07, 6.45) is -7.86. The summed E-state index contributed by atoms with van der Waals surface area (Å²) in [5, 5.41) is 11.3. The molecule has 2 rings (SSSR count). The van der Waals surface area contributed by atoms with Crippen LogP contribution < -0.4 is 10.9 Å². The Labute approximate surface area is 203 Å². The number of rotatable bonds is 9. The van der Waals surface area contributed by atoms with Crippen molar-refractivity contribution in [2.45, 2.75) is 65.8 Å². The number of nitro groups is 1. The van der Waals surface area contributed by atoms with E-state index >= 15 is 0 Å². The van der Waals surface area contributed by atoms with Gasteiger partial charge in [-0.25, -0.2) is 10.9 Å². The summed E-state index contributed by atoms with van der Waals surface area (Å²) < 4.78 is 230. The highest BCUT2D eigenvalue weighted by atomic mass is 19.4. The van der Waals surface area contributed by atoms with Gasteiger partial charge in [0.1, 0.15) is 6.04 Å². The lowest BCUT2D eigenvalue weighted by Crippen LogP contribution is -2.76. The monoisotopic (exact) mass is 611 g/mol. The van der Waals surface area contributed by atoms with E-state index in [9.17, 15) is 84.8 Å². The molecule has 0 saturated carbocycles. The van der Waals surface area contributed by atoms with Crippen molar-refractivity contribution in [3.8, 4) is 0 Å². The highest BCUT2D eigenvalue weighted by Crippen LogP contribution is 2.64. The Bertz CT molecular complexity index is 1060. The number of halogens is 17. The van der Waals surface area contributed by atoms with E-state index in [1.54, 1.807) is 5.43 Å². The van der Waals surface area contributed by atoms with Crippen LogP contribution in [-0.2, 0) is 0 Å². The predicted octanol–water partition coefficient (Wildman–Crippen LogP) is 5.86. The van der Waals surface area contributed by atoms with Crippen LogP contribution in [-0.4, -0.2) is 64.6 Å². The van der Waals surface area contributed by atoms with E-state index in [4.69, 9.17) is 0 Å². The van der Waals surface area contributed by atoms with Gasteiger partial charge >= 0.3 is 47.6 Å². The maximum Gasteiger partial charge on any atom is 0.460 e. The molecule has 0 aromatic heterocycles. The Balaban J connectivity index is 2.62. The van der Waals surface area contributed by atoms with E-state index in [1.165, 1.54) is 6.07 Å². The van der Waals surface area contributed by atoms with Crippen LogP contribution in [0.1, 0.15) is 11.6 Å². The Morgan fingerprint density at radius 1 is 0.590 bits per heavy atom. The number of hydrogen-bond donors (Lipinski definition) is 2. The normalized spacial score (nSPS) is 22.7. The summed E-state index contributed by atoms with van der Waals surface area (Å²) in [4.78, 5) is 9.50. The molecule has 0 bridgehead atoms. The SMILES string of the molecule is O=[N+]([O-])C1C(c2ccccc2)NNC1C(F)(F)C(F)(F)C(F)(F)C(F)(F)C(F)(F)C(F)(F)C(F)(F)C(F)(F)F. The Hall–Kier alpha value is -2.65. The van der Waals surface area contributed by atoms with Crippen molar-refractivity contribution in [2.75, 3.05) is 0 Å². The molecule has 1 aromatic carbocycles. The Morgan fingerprint density at radius 2 is 0.974 bits per heavy atom. The average molecular weight is 611 g/mol. The molecule has 0 aliphatic carbocycles. The van der Waals surface area contributed by atoms with Crippen LogP contribution in [0.15, 0.2) is 30.3 Å². The standard InChI is InChI=1S/C17H10F17N3O2/c18-10(19,9-8(37(38)39)7(35-36-9)6-4-2-1-3-5-6)11(20,21)12(22,23)13(24,25)14(26,27)15(28,29)16(30,31)17(32,33)34/h1-5,7-9,35-36H. The summed E-state index contributed by atoms with van der Waals surface area (Å²) in [6, 6.07) is -4.04. The molecule has 1 heterocycles. The molecule has 39 heavy (non-hydrogen) atoms. The predicted molar refractivity (Wildman–Crippen MR) is 90.7 cm³/mol. The molecule has 0 radical (unpaired) electrons. The fraction of sp³-hybridized carbons (Fsp3) is 0.647. The number of benzene rings is 1. The first kappa shape index (κ1) is 32.6. The molecule has 5 nitrogen and oxygen atoms in total. The summed E-state index contributed by atoms with van der Waals surface area (Å²) >= 11 is 0. The zero-order chi connectivity index (χ0) is 30.8. The molecule has 0 spiro atoms. The summed E-state index contributed by atoms with van der Waals surface area (Å²) in [5.74, 6) is -58.0.